The van der Waals surface area contributed by atoms with E-state index < -0.39 is 0 Å². The van der Waals surface area contributed by atoms with Gasteiger partial charge in [0.1, 0.15) is 5.82 Å². The van der Waals surface area contributed by atoms with E-state index >= 15 is 0 Å². The molecular formula is C14H25N3. The second-order valence-corrected chi connectivity index (χ2v) is 6.17. The van der Waals surface area contributed by atoms with Crippen LogP contribution in [0, 0.1) is 5.41 Å². The molecule has 0 radical (unpaired) electrons. The summed E-state index contributed by atoms with van der Waals surface area (Å²) >= 11 is 0. The van der Waals surface area contributed by atoms with E-state index in [4.69, 9.17) is 0 Å². The lowest BCUT2D eigenvalue weighted by Crippen LogP contribution is -2.53. The van der Waals surface area contributed by atoms with Crippen LogP contribution >= 0.6 is 0 Å². The Kier molecular flexibility index (Phi) is 3.30. The lowest BCUT2D eigenvalue weighted by atomic mass is 9.70. The molecule has 3 heteroatoms. The van der Waals surface area contributed by atoms with Crippen molar-refractivity contribution in [3.63, 3.8) is 0 Å². The zero-order valence-corrected chi connectivity index (χ0v) is 11.6. The monoisotopic (exact) mass is 235 g/mol. The Morgan fingerprint density at radius 3 is 2.76 bits per heavy atom. The van der Waals surface area contributed by atoms with Gasteiger partial charge in [0.25, 0.3) is 0 Å². The number of imidazole rings is 1. The Bertz CT molecular complexity index is 367. The number of hydrogen-bond donors (Lipinski definition) is 1. The number of hydrogen-bond acceptors (Lipinski definition) is 2. The average molecular weight is 235 g/mol. The largest absolute Gasteiger partial charge is 0.335 e. The van der Waals surface area contributed by atoms with Crippen molar-refractivity contribution in [3.05, 3.63) is 18.2 Å². The molecule has 1 aliphatic heterocycles. The standard InChI is InChI=1S/C14H25N3/c1-5-17-10-9-15-12(17)11-14(13(2,3)4)7-6-8-16-14/h9-10,16H,5-8,11H2,1-4H3. The van der Waals surface area contributed by atoms with Crippen molar-refractivity contribution in [2.24, 2.45) is 5.41 Å². The summed E-state index contributed by atoms with van der Waals surface area (Å²) in [5.41, 5.74) is 0.485. The zero-order chi connectivity index (χ0) is 12.5. The lowest BCUT2D eigenvalue weighted by Gasteiger charge is -2.42. The predicted molar refractivity (Wildman–Crippen MR) is 71.0 cm³/mol. The van der Waals surface area contributed by atoms with Gasteiger partial charge in [-0.1, -0.05) is 20.8 Å². The molecule has 0 aliphatic carbocycles. The van der Waals surface area contributed by atoms with E-state index in [1.54, 1.807) is 0 Å². The first-order valence-electron chi connectivity index (χ1n) is 6.73. The van der Waals surface area contributed by atoms with Crippen LogP contribution in [-0.4, -0.2) is 21.6 Å². The van der Waals surface area contributed by atoms with Crippen LogP contribution < -0.4 is 5.32 Å². The summed E-state index contributed by atoms with van der Waals surface area (Å²) in [5, 5.41) is 3.75. The fourth-order valence-electron chi connectivity index (χ4n) is 2.93. The normalized spacial score (nSPS) is 25.4. The second kappa shape index (κ2) is 4.45. The highest BCUT2D eigenvalue weighted by molar-refractivity contribution is 5.09. The highest BCUT2D eigenvalue weighted by Crippen LogP contribution is 2.39. The molecule has 0 bridgehead atoms. The predicted octanol–water partition coefficient (Wildman–Crippen LogP) is 2.61. The summed E-state index contributed by atoms with van der Waals surface area (Å²) in [6.45, 7) is 11.3. The van der Waals surface area contributed by atoms with Crippen LogP contribution in [0.1, 0.15) is 46.4 Å². The van der Waals surface area contributed by atoms with Crippen LogP contribution in [0.2, 0.25) is 0 Å². The van der Waals surface area contributed by atoms with Crippen LogP contribution in [0.4, 0.5) is 0 Å². The van der Waals surface area contributed by atoms with Gasteiger partial charge in [-0.25, -0.2) is 4.98 Å². The molecule has 0 aromatic carbocycles. The molecule has 1 unspecified atom stereocenters. The van der Waals surface area contributed by atoms with Gasteiger partial charge in [0, 0.05) is 30.9 Å². The highest BCUT2D eigenvalue weighted by Gasteiger charge is 2.44. The van der Waals surface area contributed by atoms with E-state index in [1.807, 2.05) is 6.20 Å². The third-order valence-corrected chi connectivity index (χ3v) is 4.28. The second-order valence-electron chi connectivity index (χ2n) is 6.17. The van der Waals surface area contributed by atoms with Gasteiger partial charge in [-0.15, -0.1) is 0 Å². The first kappa shape index (κ1) is 12.6. The molecule has 0 saturated carbocycles. The summed E-state index contributed by atoms with van der Waals surface area (Å²) in [4.78, 5) is 4.53. The Morgan fingerprint density at radius 2 is 2.24 bits per heavy atom. The van der Waals surface area contributed by atoms with Gasteiger partial charge in [-0.05, 0) is 31.7 Å². The first-order valence-corrected chi connectivity index (χ1v) is 6.73. The van der Waals surface area contributed by atoms with Crippen molar-refractivity contribution in [2.75, 3.05) is 6.54 Å². The zero-order valence-electron chi connectivity index (χ0n) is 11.6. The van der Waals surface area contributed by atoms with E-state index in [0.717, 1.165) is 19.5 Å². The van der Waals surface area contributed by atoms with Crippen molar-refractivity contribution in [2.45, 2.75) is 59.0 Å². The van der Waals surface area contributed by atoms with Gasteiger partial charge < -0.3 is 9.88 Å². The average Bonchev–Trinajstić information content (AvgIpc) is 2.86. The third-order valence-electron chi connectivity index (χ3n) is 4.28. The molecule has 96 valence electrons. The molecule has 1 aliphatic rings. The molecule has 1 N–H and O–H groups in total. The van der Waals surface area contributed by atoms with Crippen molar-refractivity contribution >= 4 is 0 Å². The maximum absolute atomic E-state index is 4.53. The number of rotatable bonds is 3. The minimum Gasteiger partial charge on any atom is -0.335 e. The maximum Gasteiger partial charge on any atom is 0.110 e. The molecule has 1 atom stereocenters. The Hall–Kier alpha value is -0.830. The Labute approximate surface area is 105 Å². The number of nitrogens with zero attached hydrogens (tertiary/aromatic N) is 2. The third kappa shape index (κ3) is 2.25. The van der Waals surface area contributed by atoms with Gasteiger partial charge in [0.15, 0.2) is 0 Å². The lowest BCUT2D eigenvalue weighted by molar-refractivity contribution is 0.155. The minimum absolute atomic E-state index is 0.214. The molecule has 1 aromatic heterocycles. The quantitative estimate of drug-likeness (QED) is 0.873. The summed E-state index contributed by atoms with van der Waals surface area (Å²) < 4.78 is 2.26. The van der Waals surface area contributed by atoms with Gasteiger partial charge in [-0.2, -0.15) is 0 Å². The smallest absolute Gasteiger partial charge is 0.110 e. The number of aromatic nitrogens is 2. The molecule has 1 fully saturated rings. The first-order chi connectivity index (χ1) is 7.98. The van der Waals surface area contributed by atoms with Gasteiger partial charge in [0.2, 0.25) is 0 Å². The Balaban J connectivity index is 2.25. The summed E-state index contributed by atoms with van der Waals surface area (Å²) in [6.07, 6.45) is 7.58. The van der Waals surface area contributed by atoms with E-state index in [0.29, 0.717) is 0 Å². The summed E-state index contributed by atoms with van der Waals surface area (Å²) in [7, 11) is 0. The van der Waals surface area contributed by atoms with Crippen molar-refractivity contribution in [3.8, 4) is 0 Å². The molecule has 2 rings (SSSR count). The number of aryl methyl sites for hydroxylation is 1. The van der Waals surface area contributed by atoms with E-state index in [1.165, 1.54) is 18.7 Å². The molecule has 1 aromatic rings. The molecule has 3 nitrogen and oxygen atoms in total. The maximum atomic E-state index is 4.53. The van der Waals surface area contributed by atoms with Crippen LogP contribution in [0.5, 0.6) is 0 Å². The van der Waals surface area contributed by atoms with Crippen molar-refractivity contribution in [1.82, 2.24) is 14.9 Å². The fourth-order valence-corrected chi connectivity index (χ4v) is 2.93. The molecule has 0 spiro atoms. The van der Waals surface area contributed by atoms with Crippen LogP contribution in [-0.2, 0) is 13.0 Å². The summed E-state index contributed by atoms with van der Waals surface area (Å²) in [6, 6.07) is 0. The van der Waals surface area contributed by atoms with Crippen LogP contribution in [0.25, 0.3) is 0 Å². The van der Waals surface area contributed by atoms with Crippen LogP contribution in [0.3, 0.4) is 0 Å². The number of nitrogens with one attached hydrogen (secondary N) is 1. The van der Waals surface area contributed by atoms with E-state index in [9.17, 15) is 0 Å². The van der Waals surface area contributed by atoms with Crippen molar-refractivity contribution < 1.29 is 0 Å². The van der Waals surface area contributed by atoms with Crippen LogP contribution in [0.15, 0.2) is 12.4 Å². The van der Waals surface area contributed by atoms with E-state index in [-0.39, 0.29) is 11.0 Å². The molecule has 17 heavy (non-hydrogen) atoms. The van der Waals surface area contributed by atoms with Crippen molar-refractivity contribution in [1.29, 1.82) is 0 Å². The molecular weight excluding hydrogens is 210 g/mol. The van der Waals surface area contributed by atoms with Gasteiger partial charge in [-0.3, -0.25) is 0 Å². The highest BCUT2D eigenvalue weighted by atomic mass is 15.1. The van der Waals surface area contributed by atoms with Gasteiger partial charge >= 0.3 is 0 Å². The van der Waals surface area contributed by atoms with Gasteiger partial charge in [0.05, 0.1) is 0 Å². The molecule has 0 amide bonds. The summed E-state index contributed by atoms with van der Waals surface area (Å²) in [5.74, 6) is 1.22. The SMILES string of the molecule is CCn1ccnc1CC1(C(C)(C)C)CCCN1. The molecule has 2 heterocycles. The molecule has 1 saturated heterocycles. The Morgan fingerprint density at radius 1 is 1.47 bits per heavy atom. The van der Waals surface area contributed by atoms with E-state index in [2.05, 4.69) is 48.8 Å². The fraction of sp³-hybridized carbons (Fsp3) is 0.786. The topological polar surface area (TPSA) is 29.9 Å². The minimum atomic E-state index is 0.214.